The van der Waals surface area contributed by atoms with Crippen LogP contribution in [0.5, 0.6) is 5.88 Å². The fourth-order valence-electron chi connectivity index (χ4n) is 1.11. The Bertz CT molecular complexity index is 401. The van der Waals surface area contributed by atoms with Crippen LogP contribution in [0.25, 0.3) is 0 Å². The summed E-state index contributed by atoms with van der Waals surface area (Å²) in [6, 6.07) is 0. The lowest BCUT2D eigenvalue weighted by molar-refractivity contribution is -0.0373. The standard InChI is InChI=1S/C10H16F2N4O2/c1-6(2)18-9-7(13)8(15-5-16-9)14-3-10(11,12)4-17/h5-6,17H,3-4,13H2,1-2H3,(H,14,15,16). The molecule has 0 unspecified atom stereocenters. The van der Waals surface area contributed by atoms with Gasteiger partial charge in [0, 0.05) is 0 Å². The van der Waals surface area contributed by atoms with Gasteiger partial charge in [-0.2, -0.15) is 4.98 Å². The maximum Gasteiger partial charge on any atom is 0.287 e. The zero-order valence-corrected chi connectivity index (χ0v) is 10.2. The molecule has 4 N–H and O–H groups in total. The number of rotatable bonds is 6. The van der Waals surface area contributed by atoms with E-state index in [1.165, 1.54) is 0 Å². The van der Waals surface area contributed by atoms with E-state index < -0.39 is 19.1 Å². The minimum atomic E-state index is -3.24. The minimum Gasteiger partial charge on any atom is -0.473 e. The Kier molecular flexibility index (Phi) is 4.60. The number of halogens is 2. The highest BCUT2D eigenvalue weighted by atomic mass is 19.3. The van der Waals surface area contributed by atoms with E-state index in [0.717, 1.165) is 6.33 Å². The number of nitrogens with one attached hydrogen (secondary N) is 1. The van der Waals surface area contributed by atoms with E-state index >= 15 is 0 Å². The summed E-state index contributed by atoms with van der Waals surface area (Å²) in [6.45, 7) is 1.55. The lowest BCUT2D eigenvalue weighted by atomic mass is 10.3. The molecule has 0 fully saturated rings. The van der Waals surface area contributed by atoms with Crippen molar-refractivity contribution in [1.29, 1.82) is 0 Å². The molecule has 1 aromatic heterocycles. The number of ether oxygens (including phenoxy) is 1. The SMILES string of the molecule is CC(C)Oc1ncnc(NCC(F)(F)CO)c1N. The van der Waals surface area contributed by atoms with Crippen LogP contribution in [0.1, 0.15) is 13.8 Å². The third kappa shape index (κ3) is 3.95. The van der Waals surface area contributed by atoms with Gasteiger partial charge in [0.15, 0.2) is 5.82 Å². The topological polar surface area (TPSA) is 93.3 Å². The van der Waals surface area contributed by atoms with Crippen molar-refractivity contribution in [3.63, 3.8) is 0 Å². The van der Waals surface area contributed by atoms with Gasteiger partial charge in [0.1, 0.15) is 18.6 Å². The Morgan fingerprint density at radius 3 is 2.72 bits per heavy atom. The van der Waals surface area contributed by atoms with E-state index in [9.17, 15) is 8.78 Å². The molecule has 8 heteroatoms. The second kappa shape index (κ2) is 5.76. The molecule has 1 aromatic rings. The van der Waals surface area contributed by atoms with E-state index in [-0.39, 0.29) is 23.5 Å². The third-order valence-electron chi connectivity index (χ3n) is 1.94. The molecule has 102 valence electrons. The van der Waals surface area contributed by atoms with E-state index in [1.807, 2.05) is 0 Å². The van der Waals surface area contributed by atoms with Crippen molar-refractivity contribution in [2.45, 2.75) is 25.9 Å². The number of aliphatic hydroxyl groups is 1. The van der Waals surface area contributed by atoms with Crippen molar-refractivity contribution >= 4 is 11.5 Å². The summed E-state index contributed by atoms with van der Waals surface area (Å²) >= 11 is 0. The highest BCUT2D eigenvalue weighted by Gasteiger charge is 2.28. The summed E-state index contributed by atoms with van der Waals surface area (Å²) in [5.74, 6) is -3.06. The fourth-order valence-corrected chi connectivity index (χ4v) is 1.11. The Morgan fingerprint density at radius 1 is 1.50 bits per heavy atom. The van der Waals surface area contributed by atoms with Crippen LogP contribution in [-0.2, 0) is 0 Å². The van der Waals surface area contributed by atoms with Crippen LogP contribution in [-0.4, -0.2) is 40.3 Å². The Labute approximate surface area is 103 Å². The number of nitrogen functional groups attached to an aromatic ring is 1. The number of hydrogen-bond acceptors (Lipinski definition) is 6. The van der Waals surface area contributed by atoms with Gasteiger partial charge in [-0.3, -0.25) is 0 Å². The van der Waals surface area contributed by atoms with Gasteiger partial charge in [-0.05, 0) is 13.8 Å². The minimum absolute atomic E-state index is 0.0498. The zero-order valence-electron chi connectivity index (χ0n) is 10.2. The smallest absolute Gasteiger partial charge is 0.287 e. The average molecular weight is 262 g/mol. The molecule has 0 aromatic carbocycles. The molecule has 0 bridgehead atoms. The van der Waals surface area contributed by atoms with Gasteiger partial charge in [0.05, 0.1) is 12.6 Å². The number of nitrogens with zero attached hydrogens (tertiary/aromatic N) is 2. The second-order valence-corrected chi connectivity index (χ2v) is 3.98. The lowest BCUT2D eigenvalue weighted by Crippen LogP contribution is -2.31. The molecule has 0 radical (unpaired) electrons. The molecule has 18 heavy (non-hydrogen) atoms. The van der Waals surface area contributed by atoms with Gasteiger partial charge in [-0.15, -0.1) is 0 Å². The van der Waals surface area contributed by atoms with Gasteiger partial charge in [-0.25, -0.2) is 13.8 Å². The van der Waals surface area contributed by atoms with Gasteiger partial charge in [0.25, 0.3) is 5.92 Å². The molecule has 0 spiro atoms. The quantitative estimate of drug-likeness (QED) is 0.705. The van der Waals surface area contributed by atoms with Crippen molar-refractivity contribution in [3.8, 4) is 5.88 Å². The van der Waals surface area contributed by atoms with Crippen LogP contribution in [0.4, 0.5) is 20.3 Å². The van der Waals surface area contributed by atoms with Crippen LogP contribution in [0, 0.1) is 0 Å². The normalized spacial score (nSPS) is 11.7. The first-order valence-electron chi connectivity index (χ1n) is 5.35. The maximum atomic E-state index is 12.9. The first-order valence-corrected chi connectivity index (χ1v) is 5.35. The molecule has 0 amide bonds. The molecule has 0 saturated heterocycles. The van der Waals surface area contributed by atoms with Gasteiger partial charge in [-0.1, -0.05) is 0 Å². The van der Waals surface area contributed by atoms with Gasteiger partial charge >= 0.3 is 0 Å². The van der Waals surface area contributed by atoms with Crippen molar-refractivity contribution < 1.29 is 18.6 Å². The summed E-state index contributed by atoms with van der Waals surface area (Å²) < 4.78 is 31.0. The van der Waals surface area contributed by atoms with Crippen LogP contribution in [0.15, 0.2) is 6.33 Å². The van der Waals surface area contributed by atoms with Crippen molar-refractivity contribution in [1.82, 2.24) is 9.97 Å². The van der Waals surface area contributed by atoms with Crippen LogP contribution < -0.4 is 15.8 Å². The summed E-state index contributed by atoms with van der Waals surface area (Å²) in [5, 5.41) is 10.8. The molecular weight excluding hydrogens is 246 g/mol. The van der Waals surface area contributed by atoms with Crippen molar-refractivity contribution in [2.24, 2.45) is 0 Å². The predicted octanol–water partition coefficient (Wildman–Crippen LogP) is 0.885. The number of aliphatic hydroxyl groups excluding tert-OH is 1. The first kappa shape index (κ1) is 14.4. The fraction of sp³-hybridized carbons (Fsp3) is 0.600. The highest BCUT2D eigenvalue weighted by molar-refractivity contribution is 5.66. The third-order valence-corrected chi connectivity index (χ3v) is 1.94. The number of hydrogen-bond donors (Lipinski definition) is 3. The predicted molar refractivity (Wildman–Crippen MR) is 62.7 cm³/mol. The summed E-state index contributed by atoms with van der Waals surface area (Å²) in [6.07, 6.45) is 1.02. The second-order valence-electron chi connectivity index (χ2n) is 3.98. The molecule has 0 aliphatic carbocycles. The van der Waals surface area contributed by atoms with Crippen LogP contribution >= 0.6 is 0 Å². The number of anilines is 2. The Hall–Kier alpha value is -1.70. The van der Waals surface area contributed by atoms with Crippen molar-refractivity contribution in [3.05, 3.63) is 6.33 Å². The Balaban J connectivity index is 2.78. The molecule has 6 nitrogen and oxygen atoms in total. The molecule has 0 saturated carbocycles. The van der Waals surface area contributed by atoms with Crippen LogP contribution in [0.2, 0.25) is 0 Å². The average Bonchev–Trinajstić information content (AvgIpc) is 2.30. The summed E-state index contributed by atoms with van der Waals surface area (Å²) in [7, 11) is 0. The number of alkyl halides is 2. The van der Waals surface area contributed by atoms with E-state index in [2.05, 4.69) is 15.3 Å². The lowest BCUT2D eigenvalue weighted by Gasteiger charge is -2.16. The summed E-state index contributed by atoms with van der Waals surface area (Å²) in [5.41, 5.74) is 5.74. The van der Waals surface area contributed by atoms with E-state index in [1.54, 1.807) is 13.8 Å². The van der Waals surface area contributed by atoms with Gasteiger partial charge < -0.3 is 20.9 Å². The summed E-state index contributed by atoms with van der Waals surface area (Å²) in [4.78, 5) is 7.55. The monoisotopic (exact) mass is 262 g/mol. The number of aromatic nitrogens is 2. The van der Waals surface area contributed by atoms with E-state index in [4.69, 9.17) is 15.6 Å². The molecule has 1 heterocycles. The van der Waals surface area contributed by atoms with E-state index in [0.29, 0.717) is 0 Å². The molecule has 0 aliphatic heterocycles. The highest BCUT2D eigenvalue weighted by Crippen LogP contribution is 2.26. The molecular formula is C10H16F2N4O2. The van der Waals surface area contributed by atoms with Crippen molar-refractivity contribution in [2.75, 3.05) is 24.2 Å². The largest absolute Gasteiger partial charge is 0.473 e. The first-order chi connectivity index (χ1) is 8.35. The maximum absolute atomic E-state index is 12.9. The van der Waals surface area contributed by atoms with Gasteiger partial charge in [0.2, 0.25) is 5.88 Å². The zero-order chi connectivity index (χ0) is 13.8. The molecule has 0 atom stereocenters. The molecule has 0 aliphatic rings. The Morgan fingerprint density at radius 2 is 2.17 bits per heavy atom. The van der Waals surface area contributed by atoms with Crippen LogP contribution in [0.3, 0.4) is 0 Å². The molecule has 1 rings (SSSR count). The number of nitrogens with two attached hydrogens (primary N) is 1.